The third kappa shape index (κ3) is 4.12. The van der Waals surface area contributed by atoms with Gasteiger partial charge >= 0.3 is 0 Å². The minimum atomic E-state index is -0.122. The molecule has 3 heterocycles. The smallest absolute Gasteiger partial charge is 0.258 e. The van der Waals surface area contributed by atoms with Crippen LogP contribution in [0.2, 0.25) is 0 Å². The Morgan fingerprint density at radius 3 is 2.53 bits per heavy atom. The molecule has 0 amide bonds. The number of aryl methyl sites for hydroxylation is 1. The molecule has 7 heteroatoms. The monoisotopic (exact) mass is 454 g/mol. The second kappa shape index (κ2) is 9.02. The lowest BCUT2D eigenvalue weighted by atomic mass is 10.1. The van der Waals surface area contributed by atoms with E-state index in [2.05, 4.69) is 33.0 Å². The predicted octanol–water partition coefficient (Wildman–Crippen LogP) is 4.66. The van der Waals surface area contributed by atoms with Crippen molar-refractivity contribution in [1.29, 1.82) is 0 Å². The molecule has 0 radical (unpaired) electrons. The minimum absolute atomic E-state index is 0.122. The standard InChI is InChI=1S/C27H26N4O3/c1-18-8-9-20(30-12-14-31(15-13-30)25-11-10-21(17-32)34-25)16-24(18)28-19(2)26-22-6-4-3-5-7-23(22)29-27(26)33/h3-11,16-17H,12-15H2,1-2H3,(H,29,33). The first kappa shape index (κ1) is 21.7. The maximum Gasteiger partial charge on any atom is 0.258 e. The van der Waals surface area contributed by atoms with Gasteiger partial charge in [0.15, 0.2) is 17.9 Å². The second-order valence-electron chi connectivity index (χ2n) is 8.50. The zero-order valence-electron chi connectivity index (χ0n) is 19.2. The highest BCUT2D eigenvalue weighted by Gasteiger charge is 2.21. The fraction of sp³-hybridized carbons (Fsp3) is 0.222. The normalized spacial score (nSPS) is 14.6. The number of aliphatic imine (C=N–C) groups is 1. The molecule has 0 atom stereocenters. The van der Waals surface area contributed by atoms with Crippen LogP contribution in [-0.4, -0.2) is 43.2 Å². The molecule has 1 aromatic heterocycles. The third-order valence-electron chi connectivity index (χ3n) is 6.31. The molecule has 2 aromatic rings. The molecule has 1 N–H and O–H groups in total. The second-order valence-corrected chi connectivity index (χ2v) is 8.50. The van der Waals surface area contributed by atoms with Gasteiger partial charge in [-0.1, -0.05) is 30.3 Å². The van der Waals surface area contributed by atoms with E-state index in [0.717, 1.165) is 66.5 Å². The van der Waals surface area contributed by atoms with Gasteiger partial charge in [-0.25, -0.2) is 0 Å². The van der Waals surface area contributed by atoms with Crippen LogP contribution in [0, 0.1) is 6.92 Å². The summed E-state index contributed by atoms with van der Waals surface area (Å²) in [6.45, 7) is 7.16. The lowest BCUT2D eigenvalue weighted by Gasteiger charge is -2.36. The summed E-state index contributed by atoms with van der Waals surface area (Å²) in [6.07, 6.45) is 0.724. The van der Waals surface area contributed by atoms with Crippen molar-refractivity contribution in [3.8, 4) is 11.3 Å². The third-order valence-corrected chi connectivity index (χ3v) is 6.31. The van der Waals surface area contributed by atoms with Crippen LogP contribution in [0.1, 0.15) is 28.6 Å². The van der Waals surface area contributed by atoms with E-state index in [1.54, 1.807) is 6.07 Å². The molecule has 34 heavy (non-hydrogen) atoms. The number of hydrogen-bond donors (Lipinski definition) is 1. The molecule has 1 aromatic carbocycles. The predicted molar refractivity (Wildman–Crippen MR) is 135 cm³/mol. The Morgan fingerprint density at radius 2 is 1.76 bits per heavy atom. The number of carbonyl (C=O) groups is 1. The average molecular weight is 455 g/mol. The fourth-order valence-electron chi connectivity index (χ4n) is 4.45. The first-order valence-electron chi connectivity index (χ1n) is 11.4. The molecular formula is C27H26N4O3. The van der Waals surface area contributed by atoms with E-state index in [1.165, 1.54) is 0 Å². The highest BCUT2D eigenvalue weighted by molar-refractivity contribution is 6.05. The van der Waals surface area contributed by atoms with Gasteiger partial charge in [-0.05, 0) is 43.7 Å². The van der Waals surface area contributed by atoms with E-state index in [9.17, 15) is 9.59 Å². The largest absolute Gasteiger partial charge is 0.438 e. The van der Waals surface area contributed by atoms with Gasteiger partial charge in [0, 0.05) is 49.2 Å². The Labute approximate surface area is 197 Å². The average Bonchev–Trinajstić information content (AvgIpc) is 3.38. The van der Waals surface area contributed by atoms with E-state index in [4.69, 9.17) is 9.41 Å². The summed E-state index contributed by atoms with van der Waals surface area (Å²) < 4.78 is 5.57. The van der Waals surface area contributed by atoms with Crippen molar-refractivity contribution in [2.75, 3.05) is 36.0 Å². The molecule has 0 bridgehead atoms. The van der Waals surface area contributed by atoms with Crippen LogP contribution < -0.4 is 15.4 Å². The zero-order chi connectivity index (χ0) is 23.7. The number of carbonyl (C=O) groups excluding carboxylic acids is 1. The highest BCUT2D eigenvalue weighted by atomic mass is 16.4. The van der Waals surface area contributed by atoms with Crippen molar-refractivity contribution in [3.63, 3.8) is 0 Å². The molecule has 0 spiro atoms. The molecule has 2 aliphatic heterocycles. The van der Waals surface area contributed by atoms with Crippen LogP contribution in [0.15, 0.2) is 74.9 Å². The number of H-pyrrole nitrogens is 1. The highest BCUT2D eigenvalue weighted by Crippen LogP contribution is 2.29. The maximum atomic E-state index is 12.7. The van der Waals surface area contributed by atoms with E-state index < -0.39 is 0 Å². The summed E-state index contributed by atoms with van der Waals surface area (Å²) >= 11 is 0. The van der Waals surface area contributed by atoms with Crippen LogP contribution in [0.25, 0.3) is 11.3 Å². The number of hydrogen-bond acceptors (Lipinski definition) is 6. The van der Waals surface area contributed by atoms with Crippen LogP contribution in [0.4, 0.5) is 17.3 Å². The molecule has 1 fully saturated rings. The van der Waals surface area contributed by atoms with Gasteiger partial charge < -0.3 is 19.2 Å². The lowest BCUT2D eigenvalue weighted by molar-refractivity contribution is 0.110. The SMILES string of the molecule is CC(=Nc1cc(N2CCN(c3ccc(C=O)o3)CC2)ccc1C)c1c2cccccc-2[nH]c1=O. The van der Waals surface area contributed by atoms with Gasteiger partial charge in [0.2, 0.25) is 0 Å². The summed E-state index contributed by atoms with van der Waals surface area (Å²) in [4.78, 5) is 35.8. The van der Waals surface area contributed by atoms with Crippen molar-refractivity contribution in [2.45, 2.75) is 13.8 Å². The Hall–Kier alpha value is -4.13. The van der Waals surface area contributed by atoms with Crippen molar-refractivity contribution >= 4 is 29.3 Å². The molecule has 5 rings (SSSR count). The number of nitrogens with one attached hydrogen (secondary N) is 1. The van der Waals surface area contributed by atoms with Gasteiger partial charge in [0.25, 0.3) is 5.56 Å². The number of fused-ring (bicyclic) bond motifs is 1. The first-order valence-corrected chi connectivity index (χ1v) is 11.4. The number of piperazine rings is 1. The minimum Gasteiger partial charge on any atom is -0.438 e. The van der Waals surface area contributed by atoms with Gasteiger partial charge in [-0.15, -0.1) is 0 Å². The van der Waals surface area contributed by atoms with Crippen molar-refractivity contribution in [1.82, 2.24) is 4.98 Å². The summed E-state index contributed by atoms with van der Waals surface area (Å²) in [5, 5.41) is 0. The lowest BCUT2D eigenvalue weighted by Crippen LogP contribution is -2.46. The maximum absolute atomic E-state index is 12.7. The van der Waals surface area contributed by atoms with Crippen molar-refractivity contribution in [2.24, 2.45) is 4.99 Å². The summed E-state index contributed by atoms with van der Waals surface area (Å²) in [5.41, 5.74) is 5.86. The molecule has 7 nitrogen and oxygen atoms in total. The number of nitrogens with zero attached hydrogens (tertiary/aromatic N) is 3. The van der Waals surface area contributed by atoms with Crippen LogP contribution in [0.3, 0.4) is 0 Å². The quantitative estimate of drug-likeness (QED) is 0.350. The van der Waals surface area contributed by atoms with E-state index in [0.29, 0.717) is 17.0 Å². The van der Waals surface area contributed by atoms with Crippen LogP contribution in [0.5, 0.6) is 0 Å². The molecule has 172 valence electrons. The molecule has 0 unspecified atom stereocenters. The summed E-state index contributed by atoms with van der Waals surface area (Å²) in [5.74, 6) is 1.08. The van der Waals surface area contributed by atoms with Gasteiger partial charge in [0.05, 0.1) is 17.0 Å². The number of aldehydes is 1. The Balaban J connectivity index is 1.38. The van der Waals surface area contributed by atoms with Gasteiger partial charge in [-0.2, -0.15) is 0 Å². The fourth-order valence-corrected chi connectivity index (χ4v) is 4.45. The molecule has 3 aliphatic rings. The van der Waals surface area contributed by atoms with E-state index in [1.807, 2.05) is 50.2 Å². The van der Waals surface area contributed by atoms with E-state index >= 15 is 0 Å². The van der Waals surface area contributed by atoms with Crippen molar-refractivity contribution < 1.29 is 9.21 Å². The number of aromatic nitrogens is 1. The summed E-state index contributed by atoms with van der Waals surface area (Å²) in [6, 6.07) is 19.4. The number of anilines is 2. The molecule has 0 saturated carbocycles. The number of furan rings is 1. The first-order chi connectivity index (χ1) is 16.5. The number of benzene rings is 1. The van der Waals surface area contributed by atoms with Gasteiger partial charge in [0.1, 0.15) is 0 Å². The molecule has 1 saturated heterocycles. The Bertz CT molecular complexity index is 1390. The van der Waals surface area contributed by atoms with Crippen LogP contribution >= 0.6 is 0 Å². The van der Waals surface area contributed by atoms with Crippen molar-refractivity contribution in [3.05, 3.63) is 87.9 Å². The van der Waals surface area contributed by atoms with Gasteiger partial charge in [-0.3, -0.25) is 14.6 Å². The molecular weight excluding hydrogens is 428 g/mol. The van der Waals surface area contributed by atoms with Crippen LogP contribution in [-0.2, 0) is 0 Å². The number of rotatable bonds is 5. The topological polar surface area (TPSA) is 81.9 Å². The zero-order valence-corrected chi connectivity index (χ0v) is 19.2. The Morgan fingerprint density at radius 1 is 1.00 bits per heavy atom. The summed E-state index contributed by atoms with van der Waals surface area (Å²) in [7, 11) is 0. The Kier molecular flexibility index (Phi) is 5.76. The number of aromatic amines is 1. The van der Waals surface area contributed by atoms with E-state index in [-0.39, 0.29) is 5.56 Å². The molecule has 1 aliphatic carbocycles.